The summed E-state index contributed by atoms with van der Waals surface area (Å²) in [6, 6.07) is 9.97. The number of nitrogens with zero attached hydrogens (tertiary/aromatic N) is 4. The van der Waals surface area contributed by atoms with E-state index in [0.717, 1.165) is 23.7 Å². The average molecular weight is 545 g/mol. The lowest BCUT2D eigenvalue weighted by Gasteiger charge is -2.29. The predicted octanol–water partition coefficient (Wildman–Crippen LogP) is 4.46. The summed E-state index contributed by atoms with van der Waals surface area (Å²) in [6.07, 6.45) is 3.53. The van der Waals surface area contributed by atoms with Gasteiger partial charge in [0, 0.05) is 22.8 Å². The molecule has 3 heterocycles. The van der Waals surface area contributed by atoms with Gasteiger partial charge in [-0.05, 0) is 55.5 Å². The Morgan fingerprint density at radius 1 is 1.21 bits per heavy atom. The van der Waals surface area contributed by atoms with Crippen LogP contribution in [0.15, 0.2) is 40.9 Å². The molecule has 176 valence electrons. The summed E-state index contributed by atoms with van der Waals surface area (Å²) in [5.41, 5.74) is 1.03. The van der Waals surface area contributed by atoms with Crippen LogP contribution in [0.25, 0.3) is 10.9 Å². The summed E-state index contributed by atoms with van der Waals surface area (Å²) >= 11 is 9.39. The molecule has 2 amide bonds. The van der Waals surface area contributed by atoms with Gasteiger partial charge in [-0.15, -0.1) is 0 Å². The quantitative estimate of drug-likeness (QED) is 0.378. The maximum Gasteiger partial charge on any atom is 0.248 e. The number of carbonyl (C=O) groups excluding carboxylic acids is 3. The van der Waals surface area contributed by atoms with Crippen molar-refractivity contribution in [3.8, 4) is 0 Å². The summed E-state index contributed by atoms with van der Waals surface area (Å²) in [6.45, 7) is 1.41. The molecule has 2 fully saturated rings. The zero-order valence-electron chi connectivity index (χ0n) is 18.5. The van der Waals surface area contributed by atoms with Crippen LogP contribution in [-0.2, 0) is 16.1 Å². The summed E-state index contributed by atoms with van der Waals surface area (Å²) in [7, 11) is 0. The Labute approximate surface area is 209 Å². The number of halogens is 2. The van der Waals surface area contributed by atoms with Gasteiger partial charge in [0.15, 0.2) is 5.78 Å². The minimum absolute atomic E-state index is 0.0267. The monoisotopic (exact) mass is 543 g/mol. The van der Waals surface area contributed by atoms with E-state index in [1.165, 1.54) is 6.92 Å². The highest BCUT2D eigenvalue weighted by molar-refractivity contribution is 9.10. The number of pyridine rings is 1. The number of hydrogen-bond acceptors (Lipinski definition) is 5. The lowest BCUT2D eigenvalue weighted by molar-refractivity contribution is -0.139. The fourth-order valence-electron chi connectivity index (χ4n) is 5.31. The first-order valence-corrected chi connectivity index (χ1v) is 12.4. The molecule has 2 aromatic heterocycles. The molecule has 1 aliphatic carbocycles. The Hall–Kier alpha value is -2.78. The Balaban J connectivity index is 1.43. The van der Waals surface area contributed by atoms with Crippen LogP contribution in [0.4, 0.5) is 5.82 Å². The molecule has 1 aliphatic heterocycles. The van der Waals surface area contributed by atoms with Gasteiger partial charge in [0.25, 0.3) is 0 Å². The number of anilines is 1. The first kappa shape index (κ1) is 23.0. The van der Waals surface area contributed by atoms with Crippen LogP contribution < -0.4 is 5.32 Å². The zero-order valence-corrected chi connectivity index (χ0v) is 20.8. The molecule has 0 spiro atoms. The number of carbonyl (C=O) groups is 3. The molecule has 8 nitrogen and oxygen atoms in total. The molecule has 2 aliphatic rings. The highest BCUT2D eigenvalue weighted by atomic mass is 79.9. The minimum atomic E-state index is -0.591. The third-order valence-electron chi connectivity index (χ3n) is 6.73. The van der Waals surface area contributed by atoms with E-state index in [1.807, 2.05) is 18.2 Å². The topological polar surface area (TPSA) is 97.2 Å². The number of rotatable bonds is 5. The molecular weight excluding hydrogens is 522 g/mol. The zero-order chi connectivity index (χ0) is 24.0. The number of fused-ring (bicyclic) bond motifs is 2. The molecule has 0 unspecified atom stereocenters. The number of likely N-dealkylation sites (tertiary alicyclic amines) is 1. The van der Waals surface area contributed by atoms with Crippen molar-refractivity contribution >= 4 is 61.8 Å². The molecule has 1 saturated heterocycles. The third-order valence-corrected chi connectivity index (χ3v) is 7.43. The second-order valence-electron chi connectivity index (χ2n) is 8.87. The smallest absolute Gasteiger partial charge is 0.248 e. The summed E-state index contributed by atoms with van der Waals surface area (Å²) in [5, 5.41) is 8.24. The van der Waals surface area contributed by atoms with E-state index in [1.54, 1.807) is 27.8 Å². The van der Waals surface area contributed by atoms with E-state index in [4.69, 9.17) is 11.6 Å². The predicted molar refractivity (Wildman–Crippen MR) is 132 cm³/mol. The molecule has 10 heteroatoms. The Bertz CT molecular complexity index is 1310. The Kier molecular flexibility index (Phi) is 6.16. The number of nitrogens with one attached hydrogen (secondary N) is 1. The highest BCUT2D eigenvalue weighted by Gasteiger charge is 2.48. The van der Waals surface area contributed by atoms with Gasteiger partial charge in [-0.25, -0.2) is 4.98 Å². The third kappa shape index (κ3) is 4.22. The number of hydrogen-bond donors (Lipinski definition) is 1. The number of Topliss-reactive ketones (excluding diaryl/α,β-unsaturated/α-hetero) is 1. The van der Waals surface area contributed by atoms with Crippen molar-refractivity contribution in [1.29, 1.82) is 0 Å². The Morgan fingerprint density at radius 3 is 2.79 bits per heavy atom. The second-order valence-corrected chi connectivity index (χ2v) is 10.2. The van der Waals surface area contributed by atoms with Gasteiger partial charge in [0.05, 0.1) is 5.52 Å². The normalized spacial score (nSPS) is 21.6. The molecule has 1 saturated carbocycles. The van der Waals surface area contributed by atoms with Crippen molar-refractivity contribution < 1.29 is 14.4 Å². The largest absolute Gasteiger partial charge is 0.326 e. The van der Waals surface area contributed by atoms with Gasteiger partial charge in [-0.1, -0.05) is 40.0 Å². The average Bonchev–Trinajstić information content (AvgIpc) is 3.46. The maximum absolute atomic E-state index is 13.6. The lowest BCUT2D eigenvalue weighted by atomic mass is 10.0. The molecule has 1 N–H and O–H groups in total. The first-order chi connectivity index (χ1) is 16.3. The van der Waals surface area contributed by atoms with Crippen LogP contribution in [0.3, 0.4) is 0 Å². The molecule has 0 bridgehead atoms. The van der Waals surface area contributed by atoms with E-state index in [2.05, 4.69) is 31.3 Å². The molecule has 3 atom stereocenters. The summed E-state index contributed by atoms with van der Waals surface area (Å²) in [5.74, 6) is 0.0339. The number of amides is 2. The van der Waals surface area contributed by atoms with Gasteiger partial charge in [0.1, 0.15) is 29.3 Å². The summed E-state index contributed by atoms with van der Waals surface area (Å²) in [4.78, 5) is 44.9. The second kappa shape index (κ2) is 9.11. The molecule has 5 rings (SSSR count). The van der Waals surface area contributed by atoms with Crippen molar-refractivity contribution in [3.63, 3.8) is 0 Å². The van der Waals surface area contributed by atoms with Crippen molar-refractivity contribution in [2.75, 3.05) is 5.32 Å². The van der Waals surface area contributed by atoms with Crippen molar-refractivity contribution in [2.45, 2.75) is 51.2 Å². The van der Waals surface area contributed by atoms with Gasteiger partial charge < -0.3 is 10.2 Å². The van der Waals surface area contributed by atoms with Gasteiger partial charge in [-0.2, -0.15) is 5.10 Å². The molecule has 3 aromatic rings. The van der Waals surface area contributed by atoms with E-state index in [0.29, 0.717) is 34.8 Å². The van der Waals surface area contributed by atoms with E-state index in [9.17, 15) is 14.4 Å². The number of benzene rings is 1. The lowest BCUT2D eigenvalue weighted by Crippen LogP contribution is -2.48. The highest BCUT2D eigenvalue weighted by Crippen LogP contribution is 2.42. The van der Waals surface area contributed by atoms with Crippen LogP contribution in [0.5, 0.6) is 0 Å². The molecule has 1 aromatic carbocycles. The van der Waals surface area contributed by atoms with Crippen LogP contribution in [0.2, 0.25) is 5.15 Å². The fourth-order valence-corrected chi connectivity index (χ4v) is 5.84. The van der Waals surface area contributed by atoms with Crippen LogP contribution in [-0.4, -0.2) is 49.3 Å². The van der Waals surface area contributed by atoms with Crippen LogP contribution >= 0.6 is 27.5 Å². The fraction of sp³-hybridized carbons (Fsp3) is 0.375. The van der Waals surface area contributed by atoms with Gasteiger partial charge >= 0.3 is 0 Å². The number of aromatic nitrogens is 3. The van der Waals surface area contributed by atoms with Crippen LogP contribution in [0.1, 0.15) is 43.1 Å². The molecule has 0 radical (unpaired) electrons. The van der Waals surface area contributed by atoms with Crippen molar-refractivity contribution in [1.82, 2.24) is 19.7 Å². The van der Waals surface area contributed by atoms with E-state index in [-0.39, 0.29) is 35.3 Å². The van der Waals surface area contributed by atoms with Crippen molar-refractivity contribution in [2.24, 2.45) is 5.92 Å². The SMILES string of the molecule is CC(=O)c1nn(CC(=O)N2[C@@H](C(=O)Nc3cccc(Cl)n3)C[C@@H]3CCC[C@@H]32)c2ccc(Br)cc12. The standard InChI is InChI=1S/C24H23BrClN5O3/c1-13(32)23-16-11-15(25)8-9-18(16)30(29-23)12-22(33)31-17-5-2-4-14(17)10-19(31)24(34)28-21-7-3-6-20(26)27-21/h3,6-9,11,14,17,19H,2,4-5,10,12H2,1H3,(H,27,28,34)/t14-,17-,19+/m0/s1. The van der Waals surface area contributed by atoms with Gasteiger partial charge in [-0.3, -0.25) is 19.1 Å². The minimum Gasteiger partial charge on any atom is -0.326 e. The van der Waals surface area contributed by atoms with Crippen molar-refractivity contribution in [3.05, 3.63) is 51.7 Å². The van der Waals surface area contributed by atoms with Crippen LogP contribution in [0, 0.1) is 5.92 Å². The maximum atomic E-state index is 13.6. The number of ketones is 1. The molecular formula is C24H23BrClN5O3. The summed E-state index contributed by atoms with van der Waals surface area (Å²) < 4.78 is 2.39. The van der Waals surface area contributed by atoms with Gasteiger partial charge in [0.2, 0.25) is 11.8 Å². The molecule has 34 heavy (non-hydrogen) atoms. The Morgan fingerprint density at radius 2 is 2.03 bits per heavy atom. The van der Waals surface area contributed by atoms with E-state index < -0.39 is 6.04 Å². The first-order valence-electron chi connectivity index (χ1n) is 11.2. The van der Waals surface area contributed by atoms with E-state index >= 15 is 0 Å².